The lowest BCUT2D eigenvalue weighted by Crippen LogP contribution is -2.28. The van der Waals surface area contributed by atoms with Crippen molar-refractivity contribution in [1.29, 1.82) is 0 Å². The molecule has 0 saturated carbocycles. The predicted molar refractivity (Wildman–Crippen MR) is 67.6 cm³/mol. The number of alkyl halides is 3. The van der Waals surface area contributed by atoms with Crippen molar-refractivity contribution < 1.29 is 13.2 Å². The Morgan fingerprint density at radius 3 is 2.58 bits per heavy atom. The topological polar surface area (TPSA) is 43.8 Å². The van der Waals surface area contributed by atoms with Gasteiger partial charge in [0.2, 0.25) is 0 Å². The molecule has 0 radical (unpaired) electrons. The van der Waals surface area contributed by atoms with Crippen LogP contribution in [0.25, 0.3) is 11.0 Å². The zero-order chi connectivity index (χ0) is 14.0. The summed E-state index contributed by atoms with van der Waals surface area (Å²) < 4.78 is 40.4. The first-order valence-electron chi connectivity index (χ1n) is 6.10. The maximum Gasteiger partial charge on any atom is 0.392 e. The molecule has 6 heteroatoms. The molecule has 0 saturated heterocycles. The molecule has 0 fully saturated rings. The van der Waals surface area contributed by atoms with Crippen LogP contribution in [-0.4, -0.2) is 22.3 Å². The molecule has 0 unspecified atom stereocenters. The van der Waals surface area contributed by atoms with Crippen LogP contribution in [-0.2, 0) is 13.5 Å². The van der Waals surface area contributed by atoms with Crippen LogP contribution in [0.1, 0.15) is 12.2 Å². The average molecular weight is 271 g/mol. The Balaban J connectivity index is 2.31. The third-order valence-electron chi connectivity index (χ3n) is 3.29. The Kier molecular flexibility index (Phi) is 3.80. The highest BCUT2D eigenvalue weighted by Crippen LogP contribution is 2.31. The van der Waals surface area contributed by atoms with E-state index in [0.29, 0.717) is 11.3 Å². The van der Waals surface area contributed by atoms with Crippen molar-refractivity contribution in [2.75, 3.05) is 6.54 Å². The largest absolute Gasteiger partial charge is 0.392 e. The van der Waals surface area contributed by atoms with Gasteiger partial charge in [-0.1, -0.05) is 12.1 Å². The summed E-state index contributed by atoms with van der Waals surface area (Å²) in [6.45, 7) is 0.0219. The van der Waals surface area contributed by atoms with Gasteiger partial charge in [-0.2, -0.15) is 13.2 Å². The summed E-state index contributed by atoms with van der Waals surface area (Å²) in [7, 11) is 1.74. The fraction of sp³-hybridized carbons (Fsp3) is 0.462. The summed E-state index contributed by atoms with van der Waals surface area (Å²) in [6.07, 6.45) is -4.45. The van der Waals surface area contributed by atoms with Gasteiger partial charge in [-0.15, -0.1) is 0 Å². The Bertz CT molecular complexity index is 560. The van der Waals surface area contributed by atoms with E-state index in [4.69, 9.17) is 5.73 Å². The molecule has 0 aliphatic rings. The van der Waals surface area contributed by atoms with E-state index in [0.717, 1.165) is 5.52 Å². The van der Waals surface area contributed by atoms with Crippen molar-refractivity contribution >= 4 is 11.0 Å². The molecule has 2 rings (SSSR count). The van der Waals surface area contributed by atoms with E-state index < -0.39 is 12.1 Å². The number of aromatic nitrogens is 2. The molecule has 1 aromatic carbocycles. The van der Waals surface area contributed by atoms with E-state index in [2.05, 4.69) is 4.98 Å². The number of hydrogen-bond donors (Lipinski definition) is 1. The second kappa shape index (κ2) is 5.21. The Morgan fingerprint density at radius 2 is 2.00 bits per heavy atom. The summed E-state index contributed by atoms with van der Waals surface area (Å²) in [5.41, 5.74) is 6.82. The fourth-order valence-electron chi connectivity index (χ4n) is 2.18. The molecule has 2 N–H and O–H groups in total. The normalized spacial score (nSPS) is 13.9. The number of para-hydroxylation sites is 2. The van der Waals surface area contributed by atoms with Crippen LogP contribution < -0.4 is 5.73 Å². The molecule has 0 aliphatic heterocycles. The first-order chi connectivity index (χ1) is 8.93. The van der Waals surface area contributed by atoms with Crippen LogP contribution in [0.4, 0.5) is 13.2 Å². The highest BCUT2D eigenvalue weighted by molar-refractivity contribution is 5.75. The van der Waals surface area contributed by atoms with E-state index >= 15 is 0 Å². The number of nitrogens with two attached hydrogens (primary N) is 1. The molecule has 1 heterocycles. The summed E-state index contributed by atoms with van der Waals surface area (Å²) in [5, 5.41) is 0. The van der Waals surface area contributed by atoms with Gasteiger partial charge in [-0.3, -0.25) is 0 Å². The van der Waals surface area contributed by atoms with Crippen molar-refractivity contribution in [3.63, 3.8) is 0 Å². The van der Waals surface area contributed by atoms with Gasteiger partial charge in [0.1, 0.15) is 5.82 Å². The standard InChI is InChI=1S/C13H16F3N3/c1-19-11-5-3-2-4-10(11)18-12(19)8-9(6-7-17)13(14,15)16/h2-5,9H,6-8,17H2,1H3/t9-/m1/s1. The van der Waals surface area contributed by atoms with Crippen LogP contribution in [0, 0.1) is 5.92 Å². The number of rotatable bonds is 4. The zero-order valence-electron chi connectivity index (χ0n) is 10.6. The van der Waals surface area contributed by atoms with Crippen LogP contribution in [0.15, 0.2) is 24.3 Å². The Morgan fingerprint density at radius 1 is 1.32 bits per heavy atom. The molecule has 2 aromatic rings. The van der Waals surface area contributed by atoms with Gasteiger partial charge in [0, 0.05) is 13.5 Å². The Hall–Kier alpha value is -1.56. The minimum Gasteiger partial charge on any atom is -0.331 e. The monoisotopic (exact) mass is 271 g/mol. The minimum atomic E-state index is -4.24. The van der Waals surface area contributed by atoms with Crippen molar-refractivity contribution in [2.24, 2.45) is 18.7 Å². The third-order valence-corrected chi connectivity index (χ3v) is 3.29. The van der Waals surface area contributed by atoms with Gasteiger partial charge in [0.25, 0.3) is 0 Å². The number of fused-ring (bicyclic) bond motifs is 1. The number of aryl methyl sites for hydroxylation is 1. The molecular formula is C13H16F3N3. The molecule has 3 nitrogen and oxygen atoms in total. The molecule has 0 spiro atoms. The summed E-state index contributed by atoms with van der Waals surface area (Å²) >= 11 is 0. The maximum atomic E-state index is 12.9. The number of nitrogens with zero attached hydrogens (tertiary/aromatic N) is 2. The van der Waals surface area contributed by atoms with Gasteiger partial charge >= 0.3 is 6.18 Å². The lowest BCUT2D eigenvalue weighted by molar-refractivity contribution is -0.175. The number of halogens is 3. The molecule has 104 valence electrons. The zero-order valence-corrected chi connectivity index (χ0v) is 10.6. The Labute approximate surface area is 109 Å². The van der Waals surface area contributed by atoms with Crippen molar-refractivity contribution in [3.8, 4) is 0 Å². The van der Waals surface area contributed by atoms with Gasteiger partial charge in [-0.05, 0) is 25.1 Å². The highest BCUT2D eigenvalue weighted by Gasteiger charge is 2.39. The second-order valence-electron chi connectivity index (χ2n) is 4.60. The van der Waals surface area contributed by atoms with E-state index in [-0.39, 0.29) is 19.4 Å². The van der Waals surface area contributed by atoms with Crippen molar-refractivity contribution in [1.82, 2.24) is 9.55 Å². The number of hydrogen-bond acceptors (Lipinski definition) is 2. The SMILES string of the molecule is Cn1c(C[C@@H](CCN)C(F)(F)F)nc2ccccc21. The van der Waals surface area contributed by atoms with Crippen molar-refractivity contribution in [3.05, 3.63) is 30.1 Å². The first kappa shape index (κ1) is 13.9. The summed E-state index contributed by atoms with van der Waals surface area (Å²) in [5.74, 6) is -0.995. The van der Waals surface area contributed by atoms with Gasteiger partial charge in [0.05, 0.1) is 17.0 Å². The van der Waals surface area contributed by atoms with E-state index in [1.165, 1.54) is 0 Å². The lowest BCUT2D eigenvalue weighted by Gasteiger charge is -2.19. The molecule has 0 amide bonds. The van der Waals surface area contributed by atoms with E-state index in [1.54, 1.807) is 17.7 Å². The van der Waals surface area contributed by atoms with Gasteiger partial charge in [0.15, 0.2) is 0 Å². The number of benzene rings is 1. The molecule has 1 atom stereocenters. The highest BCUT2D eigenvalue weighted by atomic mass is 19.4. The van der Waals surface area contributed by atoms with Gasteiger partial charge in [-0.25, -0.2) is 4.98 Å². The second-order valence-corrected chi connectivity index (χ2v) is 4.60. The third kappa shape index (κ3) is 2.89. The van der Waals surface area contributed by atoms with Crippen LogP contribution in [0.2, 0.25) is 0 Å². The van der Waals surface area contributed by atoms with E-state index in [9.17, 15) is 13.2 Å². The fourth-order valence-corrected chi connectivity index (χ4v) is 2.18. The first-order valence-corrected chi connectivity index (χ1v) is 6.10. The smallest absolute Gasteiger partial charge is 0.331 e. The van der Waals surface area contributed by atoms with Crippen LogP contribution in [0.5, 0.6) is 0 Å². The molecule has 1 aromatic heterocycles. The minimum absolute atomic E-state index is 0.0219. The summed E-state index contributed by atoms with van der Waals surface area (Å²) in [4.78, 5) is 4.27. The quantitative estimate of drug-likeness (QED) is 0.929. The van der Waals surface area contributed by atoms with Gasteiger partial charge < -0.3 is 10.3 Å². The molecule has 0 aliphatic carbocycles. The van der Waals surface area contributed by atoms with Crippen LogP contribution in [0.3, 0.4) is 0 Å². The number of imidazole rings is 1. The molecule has 0 bridgehead atoms. The molecular weight excluding hydrogens is 255 g/mol. The maximum absolute atomic E-state index is 12.9. The molecule has 19 heavy (non-hydrogen) atoms. The lowest BCUT2D eigenvalue weighted by atomic mass is 10.0. The predicted octanol–water partition coefficient (Wildman–Crippen LogP) is 2.64. The van der Waals surface area contributed by atoms with E-state index in [1.807, 2.05) is 18.2 Å². The van der Waals surface area contributed by atoms with Crippen LogP contribution >= 0.6 is 0 Å². The average Bonchev–Trinajstić information content (AvgIpc) is 2.65. The van der Waals surface area contributed by atoms with Crippen molar-refractivity contribution in [2.45, 2.75) is 19.0 Å². The summed E-state index contributed by atoms with van der Waals surface area (Å²) in [6, 6.07) is 7.30.